The molecule has 8 atom stereocenters. The van der Waals surface area contributed by atoms with E-state index < -0.39 is 5.41 Å². The number of hydrogen-bond acceptors (Lipinski definition) is 4. The van der Waals surface area contributed by atoms with Crippen LogP contribution in [0.15, 0.2) is 11.1 Å². The molecule has 33 heavy (non-hydrogen) atoms. The molecule has 4 nitrogen and oxygen atoms in total. The van der Waals surface area contributed by atoms with Gasteiger partial charge in [-0.2, -0.15) is 0 Å². The molecule has 0 bridgehead atoms. The number of carbonyl (C=O) groups is 2. The normalized spacial score (nSPS) is 51.5. The van der Waals surface area contributed by atoms with E-state index >= 15 is 0 Å². The molecule has 0 aromatic carbocycles. The van der Waals surface area contributed by atoms with Crippen LogP contribution in [0, 0.1) is 33.5 Å². The lowest BCUT2D eigenvalue weighted by atomic mass is 9.43. The highest BCUT2D eigenvalue weighted by Crippen LogP contribution is 2.75. The average molecular weight is 457 g/mol. The van der Waals surface area contributed by atoms with Gasteiger partial charge in [-0.25, -0.2) is 0 Å². The Balaban J connectivity index is 1.57. The maximum absolute atomic E-state index is 12.9. The van der Waals surface area contributed by atoms with Gasteiger partial charge in [0.2, 0.25) is 0 Å². The third-order valence-electron chi connectivity index (χ3n) is 12.2. The van der Waals surface area contributed by atoms with Gasteiger partial charge in [-0.1, -0.05) is 52.7 Å². The fourth-order valence-electron chi connectivity index (χ4n) is 9.89. The third-order valence-corrected chi connectivity index (χ3v) is 12.2. The largest absolute Gasteiger partial charge is 0.395 e. The number of Topliss-reactive ketones (excluding diaryl/α,β-unsaturated/α-hetero) is 2. The van der Waals surface area contributed by atoms with E-state index in [4.69, 9.17) is 4.74 Å². The second-order valence-corrected chi connectivity index (χ2v) is 13.1. The minimum Gasteiger partial charge on any atom is -0.395 e. The summed E-state index contributed by atoms with van der Waals surface area (Å²) in [6.45, 7) is 13.6. The van der Waals surface area contributed by atoms with Crippen LogP contribution in [0.4, 0.5) is 0 Å². The van der Waals surface area contributed by atoms with E-state index in [9.17, 15) is 14.7 Å². The molecule has 8 unspecified atom stereocenters. The molecule has 5 aliphatic rings. The van der Waals surface area contributed by atoms with Crippen LogP contribution in [0.1, 0.15) is 106 Å². The van der Waals surface area contributed by atoms with Crippen molar-refractivity contribution in [2.24, 2.45) is 33.5 Å². The number of allylic oxidation sites excluding steroid dienone is 2. The Morgan fingerprint density at radius 3 is 2.42 bits per heavy atom. The molecule has 4 aliphatic carbocycles. The zero-order valence-corrected chi connectivity index (χ0v) is 21.7. The first-order valence-corrected chi connectivity index (χ1v) is 13.5. The Kier molecular flexibility index (Phi) is 5.22. The molecule has 4 heteroatoms. The fourth-order valence-corrected chi connectivity index (χ4v) is 9.89. The van der Waals surface area contributed by atoms with Crippen molar-refractivity contribution in [2.75, 3.05) is 6.61 Å². The molecule has 0 amide bonds. The standard InChI is InChI=1S/C29H44O4/c1-7-21(31)22-16-18(2)29(33-22)15-14-27(5)20-8-9-23-25(3,19(20)10-13-28(27,29)6)12-11-24(32)26(23,4)17-30/h18,22-23,30H,7-17H2,1-6H3. The minimum absolute atomic E-state index is 0.00191. The van der Waals surface area contributed by atoms with Crippen LogP contribution in [0.5, 0.6) is 0 Å². The monoisotopic (exact) mass is 456 g/mol. The summed E-state index contributed by atoms with van der Waals surface area (Å²) in [5.41, 5.74) is 2.52. The molecule has 0 aromatic heterocycles. The summed E-state index contributed by atoms with van der Waals surface area (Å²) in [5.74, 6) is 1.13. The second kappa shape index (κ2) is 7.26. The number of ketones is 2. The molecular formula is C29H44O4. The van der Waals surface area contributed by atoms with Crippen molar-refractivity contribution in [2.45, 2.75) is 117 Å². The SMILES string of the molecule is CCC(=O)C1CC(C)C2(CCC3(C)C4=C(CCC32C)C2(C)CCC(=O)C(C)(CO)C2CC4)O1. The molecule has 1 saturated heterocycles. The molecule has 184 valence electrons. The molecule has 2 saturated carbocycles. The molecule has 3 fully saturated rings. The van der Waals surface area contributed by atoms with E-state index in [1.165, 1.54) is 0 Å². The zero-order chi connectivity index (χ0) is 24.0. The van der Waals surface area contributed by atoms with Gasteiger partial charge in [0.05, 0.1) is 17.6 Å². The molecule has 0 radical (unpaired) electrons. The van der Waals surface area contributed by atoms with Crippen molar-refractivity contribution in [1.29, 1.82) is 0 Å². The Labute approximate surface area is 199 Å². The number of hydrogen-bond donors (Lipinski definition) is 1. The molecule has 1 aliphatic heterocycles. The average Bonchev–Trinajstić information content (AvgIpc) is 3.26. The number of fused-ring (bicyclic) bond motifs is 5. The topological polar surface area (TPSA) is 63.6 Å². The number of rotatable bonds is 3. The van der Waals surface area contributed by atoms with Crippen molar-refractivity contribution >= 4 is 11.6 Å². The summed E-state index contributed by atoms with van der Waals surface area (Å²) in [5, 5.41) is 10.3. The van der Waals surface area contributed by atoms with E-state index in [0.29, 0.717) is 18.8 Å². The van der Waals surface area contributed by atoms with Crippen LogP contribution in [0.25, 0.3) is 0 Å². The first-order valence-electron chi connectivity index (χ1n) is 13.5. The Morgan fingerprint density at radius 1 is 1.03 bits per heavy atom. The summed E-state index contributed by atoms with van der Waals surface area (Å²) < 4.78 is 6.84. The summed E-state index contributed by atoms with van der Waals surface area (Å²) in [4.78, 5) is 25.5. The molecule has 1 heterocycles. The lowest BCUT2D eigenvalue weighted by Crippen LogP contribution is -2.58. The molecular weight excluding hydrogens is 412 g/mol. The van der Waals surface area contributed by atoms with E-state index in [1.807, 2.05) is 13.8 Å². The van der Waals surface area contributed by atoms with Crippen LogP contribution in [0.3, 0.4) is 0 Å². The number of carbonyl (C=O) groups excluding carboxylic acids is 2. The van der Waals surface area contributed by atoms with Crippen molar-refractivity contribution < 1.29 is 19.4 Å². The van der Waals surface area contributed by atoms with Crippen molar-refractivity contribution in [3.63, 3.8) is 0 Å². The highest BCUT2D eigenvalue weighted by Gasteiger charge is 2.71. The van der Waals surface area contributed by atoms with Gasteiger partial charge in [-0.3, -0.25) is 9.59 Å². The third kappa shape index (κ3) is 2.66. The van der Waals surface area contributed by atoms with Crippen molar-refractivity contribution in [3.05, 3.63) is 11.1 Å². The lowest BCUT2D eigenvalue weighted by molar-refractivity contribution is -0.163. The van der Waals surface area contributed by atoms with Gasteiger partial charge >= 0.3 is 0 Å². The van der Waals surface area contributed by atoms with Crippen LogP contribution in [0.2, 0.25) is 0 Å². The number of aliphatic hydroxyl groups is 1. The van der Waals surface area contributed by atoms with Gasteiger partial charge in [0.25, 0.3) is 0 Å². The fraction of sp³-hybridized carbons (Fsp3) is 0.862. The van der Waals surface area contributed by atoms with Crippen LogP contribution >= 0.6 is 0 Å². The first kappa shape index (κ1) is 23.7. The van der Waals surface area contributed by atoms with Gasteiger partial charge in [-0.05, 0) is 74.0 Å². The predicted octanol–water partition coefficient (Wildman–Crippen LogP) is 5.80. The highest BCUT2D eigenvalue weighted by molar-refractivity contribution is 5.86. The van der Waals surface area contributed by atoms with Gasteiger partial charge in [0.1, 0.15) is 11.9 Å². The van der Waals surface area contributed by atoms with Crippen LogP contribution in [-0.2, 0) is 14.3 Å². The van der Waals surface area contributed by atoms with Gasteiger partial charge in [0.15, 0.2) is 5.78 Å². The summed E-state index contributed by atoms with van der Waals surface area (Å²) in [6.07, 6.45) is 9.02. The van der Waals surface area contributed by atoms with Gasteiger partial charge < -0.3 is 9.84 Å². The highest BCUT2D eigenvalue weighted by atomic mass is 16.5. The maximum atomic E-state index is 12.9. The molecule has 5 rings (SSSR count). The molecule has 1 spiro atoms. The van der Waals surface area contributed by atoms with E-state index in [0.717, 1.165) is 51.4 Å². The Bertz CT molecular complexity index is 921. The summed E-state index contributed by atoms with van der Waals surface area (Å²) >= 11 is 0. The Hall–Kier alpha value is -1.00. The van der Waals surface area contributed by atoms with E-state index in [-0.39, 0.29) is 52.0 Å². The van der Waals surface area contributed by atoms with E-state index in [2.05, 4.69) is 27.7 Å². The maximum Gasteiger partial charge on any atom is 0.161 e. The van der Waals surface area contributed by atoms with Gasteiger partial charge in [-0.15, -0.1) is 0 Å². The molecule has 1 N–H and O–H groups in total. The summed E-state index contributed by atoms with van der Waals surface area (Å²) in [6, 6.07) is 0. The zero-order valence-electron chi connectivity index (χ0n) is 21.7. The minimum atomic E-state index is -0.610. The number of aliphatic hydroxyl groups excluding tert-OH is 1. The number of ether oxygens (including phenoxy) is 1. The van der Waals surface area contributed by atoms with Crippen LogP contribution in [-0.4, -0.2) is 35.0 Å². The van der Waals surface area contributed by atoms with Crippen LogP contribution < -0.4 is 0 Å². The predicted molar refractivity (Wildman–Crippen MR) is 129 cm³/mol. The molecule has 0 aromatic rings. The van der Waals surface area contributed by atoms with E-state index in [1.54, 1.807) is 11.1 Å². The lowest BCUT2D eigenvalue weighted by Gasteiger charge is -2.62. The van der Waals surface area contributed by atoms with Crippen molar-refractivity contribution in [1.82, 2.24) is 0 Å². The smallest absolute Gasteiger partial charge is 0.161 e. The Morgan fingerprint density at radius 2 is 1.76 bits per heavy atom. The van der Waals surface area contributed by atoms with Crippen molar-refractivity contribution in [3.8, 4) is 0 Å². The first-order chi connectivity index (χ1) is 15.4. The quantitative estimate of drug-likeness (QED) is 0.545. The second-order valence-electron chi connectivity index (χ2n) is 13.1. The summed E-state index contributed by atoms with van der Waals surface area (Å²) in [7, 11) is 0. The van der Waals surface area contributed by atoms with Gasteiger partial charge in [0, 0.05) is 18.3 Å².